The van der Waals surface area contributed by atoms with E-state index >= 15 is 0 Å². The maximum atomic E-state index is 11.0. The van der Waals surface area contributed by atoms with E-state index in [0.717, 1.165) is 15.7 Å². The Kier molecular flexibility index (Phi) is 2.20. The number of halogens is 1. The summed E-state index contributed by atoms with van der Waals surface area (Å²) in [5.74, 6) is -0.889. The van der Waals surface area contributed by atoms with Crippen LogP contribution >= 0.6 is 15.9 Å². The van der Waals surface area contributed by atoms with Crippen LogP contribution in [0.1, 0.15) is 15.9 Å². The lowest BCUT2D eigenvalue weighted by atomic mass is 10.1. The first-order chi connectivity index (χ1) is 6.58. The van der Waals surface area contributed by atoms with Gasteiger partial charge in [0.05, 0.1) is 11.3 Å². The Labute approximate surface area is 89.6 Å². The molecule has 1 heterocycles. The number of rotatable bonds is 1. The molecule has 1 aliphatic rings. The summed E-state index contributed by atoms with van der Waals surface area (Å²) in [5.41, 5.74) is 5.12. The molecular formula is C9H9BrN2O2. The highest BCUT2D eigenvalue weighted by atomic mass is 79.9. The monoisotopic (exact) mass is 256 g/mol. The first-order valence-electron chi connectivity index (χ1n) is 4.11. The number of hydrogen-bond acceptors (Lipinski definition) is 3. The summed E-state index contributed by atoms with van der Waals surface area (Å²) in [5, 5.41) is 10.8. The average molecular weight is 257 g/mol. The van der Waals surface area contributed by atoms with Crippen LogP contribution in [-0.2, 0) is 6.54 Å². The zero-order valence-corrected chi connectivity index (χ0v) is 9.13. The van der Waals surface area contributed by atoms with Crippen molar-refractivity contribution in [3.05, 3.63) is 27.7 Å². The SMILES string of the molecule is CN1Cc2c(cc(Br)cc2C(=O)O)N1. The third-order valence-corrected chi connectivity index (χ3v) is 2.61. The predicted octanol–water partition coefficient (Wildman–Crippen LogP) is 1.92. The van der Waals surface area contributed by atoms with Crippen molar-refractivity contribution in [2.45, 2.75) is 6.54 Å². The number of aromatic carboxylic acids is 1. The zero-order chi connectivity index (χ0) is 10.3. The molecule has 1 aromatic rings. The summed E-state index contributed by atoms with van der Waals surface area (Å²) in [6.07, 6.45) is 0. The third kappa shape index (κ3) is 1.49. The Hall–Kier alpha value is -1.07. The van der Waals surface area contributed by atoms with Gasteiger partial charge in [0, 0.05) is 23.6 Å². The summed E-state index contributed by atoms with van der Waals surface area (Å²) in [4.78, 5) is 11.0. The van der Waals surface area contributed by atoms with Crippen molar-refractivity contribution in [1.82, 2.24) is 5.01 Å². The van der Waals surface area contributed by atoms with E-state index in [1.807, 2.05) is 18.1 Å². The van der Waals surface area contributed by atoms with E-state index in [4.69, 9.17) is 5.11 Å². The highest BCUT2D eigenvalue weighted by Gasteiger charge is 2.22. The number of hydrogen-bond donors (Lipinski definition) is 2. The summed E-state index contributed by atoms with van der Waals surface area (Å²) >= 11 is 3.28. The van der Waals surface area contributed by atoms with Crippen LogP contribution in [0.5, 0.6) is 0 Å². The second-order valence-corrected chi connectivity index (χ2v) is 4.17. The molecule has 0 unspecified atom stereocenters. The number of anilines is 1. The molecule has 2 rings (SSSR count). The highest BCUT2D eigenvalue weighted by molar-refractivity contribution is 9.10. The number of fused-ring (bicyclic) bond motifs is 1. The van der Waals surface area contributed by atoms with Crippen LogP contribution in [0.15, 0.2) is 16.6 Å². The number of carboxylic acid groups (broad SMARTS) is 1. The molecule has 14 heavy (non-hydrogen) atoms. The van der Waals surface area contributed by atoms with E-state index in [2.05, 4.69) is 21.4 Å². The second kappa shape index (κ2) is 3.25. The van der Waals surface area contributed by atoms with Crippen molar-refractivity contribution < 1.29 is 9.90 Å². The molecule has 0 bridgehead atoms. The average Bonchev–Trinajstić information content (AvgIpc) is 2.42. The van der Waals surface area contributed by atoms with Gasteiger partial charge in [0.25, 0.3) is 0 Å². The number of carbonyl (C=O) groups is 1. The first kappa shape index (κ1) is 9.48. The van der Waals surface area contributed by atoms with Gasteiger partial charge in [0.15, 0.2) is 0 Å². The summed E-state index contributed by atoms with van der Waals surface area (Å²) < 4.78 is 0.774. The minimum atomic E-state index is -0.889. The molecule has 1 aliphatic heterocycles. The Morgan fingerprint density at radius 1 is 1.64 bits per heavy atom. The Morgan fingerprint density at radius 2 is 2.36 bits per heavy atom. The fourth-order valence-electron chi connectivity index (χ4n) is 1.58. The van der Waals surface area contributed by atoms with E-state index in [0.29, 0.717) is 12.1 Å². The molecule has 0 saturated carbocycles. The molecule has 0 spiro atoms. The van der Waals surface area contributed by atoms with Gasteiger partial charge in [0.2, 0.25) is 0 Å². The largest absolute Gasteiger partial charge is 0.478 e. The summed E-state index contributed by atoms with van der Waals surface area (Å²) in [6.45, 7) is 0.615. The molecule has 0 aromatic heterocycles. The van der Waals surface area contributed by atoms with Gasteiger partial charge in [-0.15, -0.1) is 0 Å². The van der Waals surface area contributed by atoms with Crippen LogP contribution in [-0.4, -0.2) is 23.1 Å². The van der Waals surface area contributed by atoms with Crippen LogP contribution in [0.2, 0.25) is 0 Å². The minimum Gasteiger partial charge on any atom is -0.478 e. The molecule has 1 aromatic carbocycles. The van der Waals surface area contributed by atoms with Gasteiger partial charge in [-0.1, -0.05) is 15.9 Å². The molecule has 74 valence electrons. The normalized spacial score (nSPS) is 15.0. The van der Waals surface area contributed by atoms with Crippen molar-refractivity contribution in [2.75, 3.05) is 12.5 Å². The highest BCUT2D eigenvalue weighted by Crippen LogP contribution is 2.31. The first-order valence-corrected chi connectivity index (χ1v) is 4.91. The van der Waals surface area contributed by atoms with E-state index < -0.39 is 5.97 Å². The van der Waals surface area contributed by atoms with Crippen molar-refractivity contribution in [3.63, 3.8) is 0 Å². The molecule has 4 nitrogen and oxygen atoms in total. The number of hydrazine groups is 1. The van der Waals surface area contributed by atoms with Gasteiger partial charge in [-0.25, -0.2) is 9.80 Å². The number of carboxylic acids is 1. The second-order valence-electron chi connectivity index (χ2n) is 3.25. The molecule has 0 fully saturated rings. The fraction of sp³-hybridized carbons (Fsp3) is 0.222. The molecule has 0 saturated heterocycles. The molecule has 0 amide bonds. The standard InChI is InChI=1S/C9H9BrN2O2/c1-12-4-7-6(9(13)14)2-5(10)3-8(7)11-12/h2-3,11H,4H2,1H3,(H,13,14). The molecular weight excluding hydrogens is 248 g/mol. The van der Waals surface area contributed by atoms with Gasteiger partial charge in [-0.05, 0) is 12.1 Å². The summed E-state index contributed by atoms with van der Waals surface area (Å²) in [6, 6.07) is 3.51. The topological polar surface area (TPSA) is 52.6 Å². The van der Waals surface area contributed by atoms with Crippen molar-refractivity contribution >= 4 is 27.6 Å². The Balaban J connectivity index is 2.57. The minimum absolute atomic E-state index is 0.353. The zero-order valence-electron chi connectivity index (χ0n) is 7.54. The van der Waals surface area contributed by atoms with Gasteiger partial charge in [-0.3, -0.25) is 0 Å². The van der Waals surface area contributed by atoms with Gasteiger partial charge < -0.3 is 10.5 Å². The molecule has 5 heteroatoms. The van der Waals surface area contributed by atoms with Gasteiger partial charge in [0.1, 0.15) is 0 Å². The molecule has 0 atom stereocenters. The molecule has 2 N–H and O–H groups in total. The number of nitrogens with one attached hydrogen (secondary N) is 1. The van der Waals surface area contributed by atoms with Crippen LogP contribution in [0.25, 0.3) is 0 Å². The summed E-state index contributed by atoms with van der Waals surface area (Å²) in [7, 11) is 1.87. The van der Waals surface area contributed by atoms with E-state index in [1.54, 1.807) is 6.07 Å². The van der Waals surface area contributed by atoms with Gasteiger partial charge >= 0.3 is 5.97 Å². The number of benzene rings is 1. The smallest absolute Gasteiger partial charge is 0.336 e. The van der Waals surface area contributed by atoms with Crippen LogP contribution < -0.4 is 5.43 Å². The maximum absolute atomic E-state index is 11.0. The fourth-order valence-corrected chi connectivity index (χ4v) is 2.04. The van der Waals surface area contributed by atoms with Crippen molar-refractivity contribution in [2.24, 2.45) is 0 Å². The van der Waals surface area contributed by atoms with Crippen LogP contribution in [0.4, 0.5) is 5.69 Å². The number of nitrogens with zero attached hydrogens (tertiary/aromatic N) is 1. The third-order valence-electron chi connectivity index (χ3n) is 2.15. The molecule has 0 radical (unpaired) electrons. The van der Waals surface area contributed by atoms with Crippen molar-refractivity contribution in [1.29, 1.82) is 0 Å². The van der Waals surface area contributed by atoms with E-state index in [-0.39, 0.29) is 0 Å². The lowest BCUT2D eigenvalue weighted by Crippen LogP contribution is -2.16. The predicted molar refractivity (Wildman–Crippen MR) is 56.2 cm³/mol. The lowest BCUT2D eigenvalue weighted by Gasteiger charge is -2.06. The Bertz CT molecular complexity index is 406. The molecule has 0 aliphatic carbocycles. The van der Waals surface area contributed by atoms with Crippen LogP contribution in [0.3, 0.4) is 0 Å². The maximum Gasteiger partial charge on any atom is 0.336 e. The van der Waals surface area contributed by atoms with E-state index in [1.165, 1.54) is 0 Å². The van der Waals surface area contributed by atoms with Crippen LogP contribution in [0, 0.1) is 0 Å². The van der Waals surface area contributed by atoms with Gasteiger partial charge in [-0.2, -0.15) is 0 Å². The lowest BCUT2D eigenvalue weighted by molar-refractivity contribution is 0.0695. The van der Waals surface area contributed by atoms with E-state index in [9.17, 15) is 4.79 Å². The quantitative estimate of drug-likeness (QED) is 0.807. The Morgan fingerprint density at radius 3 is 3.00 bits per heavy atom. The van der Waals surface area contributed by atoms with Crippen molar-refractivity contribution in [3.8, 4) is 0 Å².